The Morgan fingerprint density at radius 3 is 1.69 bits per heavy atom. The largest absolute Gasteiger partial charge is 0.394 e. The van der Waals surface area contributed by atoms with Crippen LogP contribution in [0.1, 0.15) is 136 Å². The fourth-order valence-corrected chi connectivity index (χ4v) is 6.02. The Labute approximate surface area is 308 Å². The molecule has 0 bridgehead atoms. The van der Waals surface area contributed by atoms with Crippen molar-refractivity contribution in [3.05, 3.63) is 0 Å². The van der Waals surface area contributed by atoms with Crippen LogP contribution in [0.15, 0.2) is 0 Å². The Hall–Kier alpha value is -1.42. The first kappa shape index (κ1) is 47.6. The second-order valence-electron chi connectivity index (χ2n) is 14.0. The summed E-state index contributed by atoms with van der Waals surface area (Å²) in [4.78, 5) is 24.3. The fraction of sp³-hybridized carbons (Fsp3) is 0.947. The van der Waals surface area contributed by atoms with Crippen LogP contribution in [0.3, 0.4) is 0 Å². The molecule has 2 amide bonds. The fourth-order valence-electron chi connectivity index (χ4n) is 6.02. The maximum atomic E-state index is 12.7. The molecule has 6 atom stereocenters. The van der Waals surface area contributed by atoms with E-state index in [1.54, 1.807) is 0 Å². The Balaban J connectivity index is 2.41. The topological polar surface area (TPSA) is 191 Å². The van der Waals surface area contributed by atoms with Crippen molar-refractivity contribution < 1.29 is 48.6 Å². The second kappa shape index (κ2) is 32.0. The average Bonchev–Trinajstić information content (AvgIpc) is 3.12. The van der Waals surface area contributed by atoms with Gasteiger partial charge < -0.3 is 55.4 Å². The molecular weight excluding hydrogens is 658 g/mol. The summed E-state index contributed by atoms with van der Waals surface area (Å²) in [5, 5.41) is 35.3. The lowest BCUT2D eigenvalue weighted by molar-refractivity contribution is -0.270. The van der Waals surface area contributed by atoms with E-state index in [0.29, 0.717) is 26.4 Å². The van der Waals surface area contributed by atoms with E-state index >= 15 is 0 Å². The molecule has 0 aromatic rings. The van der Waals surface area contributed by atoms with E-state index in [1.165, 1.54) is 96.8 Å². The summed E-state index contributed by atoms with van der Waals surface area (Å²) < 4.78 is 29.1. The monoisotopic (exact) mass is 734 g/mol. The van der Waals surface area contributed by atoms with Gasteiger partial charge in [0.1, 0.15) is 36.5 Å². The first-order valence-electron chi connectivity index (χ1n) is 20.1. The number of rotatable bonds is 34. The normalized spacial score (nSPS) is 21.2. The molecule has 13 heteroatoms. The van der Waals surface area contributed by atoms with Gasteiger partial charge in [-0.1, -0.05) is 117 Å². The highest BCUT2D eigenvalue weighted by Gasteiger charge is 2.45. The molecule has 0 unspecified atom stereocenters. The van der Waals surface area contributed by atoms with E-state index in [9.17, 15) is 24.9 Å². The summed E-state index contributed by atoms with van der Waals surface area (Å²) in [6, 6.07) is -2.20. The average molecular weight is 734 g/mol. The maximum Gasteiger partial charge on any atom is 0.239 e. The number of ether oxygens (including phenoxy) is 5. The van der Waals surface area contributed by atoms with E-state index in [-0.39, 0.29) is 25.9 Å². The minimum atomic E-state index is -1.46. The molecule has 1 fully saturated rings. The van der Waals surface area contributed by atoms with Crippen LogP contribution in [-0.2, 0) is 33.3 Å². The van der Waals surface area contributed by atoms with Crippen LogP contribution < -0.4 is 16.4 Å². The van der Waals surface area contributed by atoms with Crippen molar-refractivity contribution in [1.82, 2.24) is 10.6 Å². The van der Waals surface area contributed by atoms with E-state index in [2.05, 4.69) is 24.5 Å². The molecule has 0 aromatic heterocycles. The molecule has 1 aliphatic heterocycles. The number of aliphatic hydroxyl groups is 3. The highest BCUT2D eigenvalue weighted by molar-refractivity contribution is 5.81. The minimum Gasteiger partial charge on any atom is -0.394 e. The van der Waals surface area contributed by atoms with Gasteiger partial charge in [-0.15, -0.1) is 0 Å². The highest BCUT2D eigenvalue weighted by Crippen LogP contribution is 2.22. The Morgan fingerprint density at radius 1 is 0.725 bits per heavy atom. The van der Waals surface area contributed by atoms with Crippen molar-refractivity contribution in [2.24, 2.45) is 5.73 Å². The van der Waals surface area contributed by atoms with Crippen molar-refractivity contribution in [3.63, 3.8) is 0 Å². The van der Waals surface area contributed by atoms with Crippen molar-refractivity contribution in [2.75, 3.05) is 52.8 Å². The lowest BCUT2D eigenvalue weighted by Gasteiger charge is -2.42. The third-order valence-electron chi connectivity index (χ3n) is 9.17. The van der Waals surface area contributed by atoms with Gasteiger partial charge in [-0.05, 0) is 12.8 Å². The number of unbranched alkanes of at least 4 members (excludes halogenated alkanes) is 16. The number of nitrogens with two attached hydrogens (primary N) is 1. The molecule has 1 rings (SSSR count). The van der Waals surface area contributed by atoms with Gasteiger partial charge in [0.2, 0.25) is 11.8 Å². The number of aliphatic hydroxyl groups excluding tert-OH is 3. The van der Waals surface area contributed by atoms with Gasteiger partial charge in [0.15, 0.2) is 6.29 Å². The Morgan fingerprint density at radius 2 is 1.22 bits per heavy atom. The van der Waals surface area contributed by atoms with Crippen molar-refractivity contribution in [3.8, 4) is 0 Å². The summed E-state index contributed by atoms with van der Waals surface area (Å²) in [5.41, 5.74) is 6.03. The van der Waals surface area contributed by atoms with Gasteiger partial charge >= 0.3 is 0 Å². The summed E-state index contributed by atoms with van der Waals surface area (Å²) in [6.07, 6.45) is 17.1. The number of hydrogen-bond acceptors (Lipinski definition) is 11. The molecule has 0 spiro atoms. The number of carbonyl (C=O) groups excluding carboxylic acids is 2. The van der Waals surface area contributed by atoms with Crippen LogP contribution in [0.25, 0.3) is 0 Å². The van der Waals surface area contributed by atoms with Crippen LogP contribution in [0, 0.1) is 0 Å². The molecule has 0 aliphatic carbocycles. The van der Waals surface area contributed by atoms with Crippen LogP contribution >= 0.6 is 0 Å². The van der Waals surface area contributed by atoms with E-state index < -0.39 is 55.1 Å². The predicted molar refractivity (Wildman–Crippen MR) is 198 cm³/mol. The predicted octanol–water partition coefficient (Wildman–Crippen LogP) is 3.87. The number of nitrogens with one attached hydrogen (secondary N) is 2. The zero-order valence-electron chi connectivity index (χ0n) is 32.2. The minimum absolute atomic E-state index is 0.214. The third-order valence-corrected chi connectivity index (χ3v) is 9.17. The van der Waals surface area contributed by atoms with Gasteiger partial charge in [-0.25, -0.2) is 0 Å². The van der Waals surface area contributed by atoms with Crippen LogP contribution in [-0.4, -0.2) is 123 Å². The lowest BCUT2D eigenvalue weighted by Crippen LogP contribution is -2.65. The van der Waals surface area contributed by atoms with Crippen LogP contribution in [0.2, 0.25) is 0 Å². The van der Waals surface area contributed by atoms with Crippen LogP contribution in [0.5, 0.6) is 0 Å². The quantitative estimate of drug-likeness (QED) is 0.0527. The molecule has 1 aliphatic rings. The molecule has 0 radical (unpaired) electrons. The Kier molecular flexibility index (Phi) is 29.9. The molecule has 7 N–H and O–H groups in total. The van der Waals surface area contributed by atoms with Gasteiger partial charge in [0.25, 0.3) is 0 Å². The molecule has 0 saturated carbocycles. The molecule has 13 nitrogen and oxygen atoms in total. The van der Waals surface area contributed by atoms with E-state index in [4.69, 9.17) is 29.4 Å². The molecule has 1 saturated heterocycles. The molecular formula is C38H75N3O10. The van der Waals surface area contributed by atoms with Gasteiger partial charge in [-0.2, -0.15) is 0 Å². The highest BCUT2D eigenvalue weighted by atomic mass is 16.7. The van der Waals surface area contributed by atoms with Gasteiger partial charge in [-0.3, -0.25) is 9.59 Å². The third kappa shape index (κ3) is 23.8. The van der Waals surface area contributed by atoms with Crippen molar-refractivity contribution >= 4 is 11.8 Å². The van der Waals surface area contributed by atoms with Crippen molar-refractivity contribution in [2.45, 2.75) is 179 Å². The summed E-state index contributed by atoms with van der Waals surface area (Å²) in [5.74, 6) is -0.960. The zero-order chi connectivity index (χ0) is 37.5. The Bertz CT molecular complexity index is 816. The molecule has 302 valence electrons. The molecule has 1 heterocycles. The van der Waals surface area contributed by atoms with Crippen molar-refractivity contribution in [1.29, 1.82) is 0 Å². The standard InChI is InChI=1S/C38H75N3O10/c1-4-6-8-10-12-14-16-18-20-23-47-27-31(28-48-24-21-19-17-15-13-11-9-7-5-2)49-25-22-40-37(46)32(39)29-50-38-34(41-30(3)43)36(45)35(44)33(26-42)51-38/h31-36,38,42,44-45H,4-29,39H2,1-3H3,(H,40,46)(H,41,43)/t32-,33+,34+,35-,36+,38-/m0/s1. The number of hydrogen-bond donors (Lipinski definition) is 6. The van der Waals surface area contributed by atoms with E-state index in [1.807, 2.05) is 0 Å². The first-order valence-corrected chi connectivity index (χ1v) is 20.1. The van der Waals surface area contributed by atoms with E-state index in [0.717, 1.165) is 25.7 Å². The molecule has 51 heavy (non-hydrogen) atoms. The number of carbonyl (C=O) groups is 2. The number of amides is 2. The first-order chi connectivity index (χ1) is 24.7. The summed E-state index contributed by atoms with van der Waals surface area (Å²) in [7, 11) is 0. The maximum absolute atomic E-state index is 12.7. The smallest absolute Gasteiger partial charge is 0.239 e. The lowest BCUT2D eigenvalue weighted by atomic mass is 9.97. The molecule has 0 aromatic carbocycles. The van der Waals surface area contributed by atoms with Gasteiger partial charge in [0, 0.05) is 26.7 Å². The second-order valence-corrected chi connectivity index (χ2v) is 14.0. The summed E-state index contributed by atoms with van der Waals surface area (Å²) in [6.45, 7) is 7.51. The summed E-state index contributed by atoms with van der Waals surface area (Å²) >= 11 is 0. The van der Waals surface area contributed by atoms with Crippen LogP contribution in [0.4, 0.5) is 0 Å². The zero-order valence-corrected chi connectivity index (χ0v) is 32.2. The SMILES string of the molecule is CCCCCCCCCCCOCC(COCCCCCCCCCCC)OCCNC(=O)[C@@H](N)CO[C@H]1O[C@H](CO)[C@H](O)[C@H](O)[C@H]1NC(C)=O. The van der Waals surface area contributed by atoms with Gasteiger partial charge in [0.05, 0.1) is 33.0 Å².